The molecule has 0 saturated carbocycles. The molecule has 1 heterocycles. The summed E-state index contributed by atoms with van der Waals surface area (Å²) in [4.78, 5) is 4.44. The van der Waals surface area contributed by atoms with Gasteiger partial charge in [0.1, 0.15) is 10.3 Å². The molecule has 0 unspecified atom stereocenters. The first-order valence-corrected chi connectivity index (χ1v) is 13.5. The van der Waals surface area contributed by atoms with E-state index < -0.39 is 0 Å². The van der Waals surface area contributed by atoms with E-state index in [1.54, 1.807) is 0 Å². The monoisotopic (exact) mass is 476 g/mol. The second-order valence-corrected chi connectivity index (χ2v) is 9.18. The van der Waals surface area contributed by atoms with E-state index in [4.69, 9.17) is 23.2 Å². The lowest BCUT2D eigenvalue weighted by Gasteiger charge is -2.22. The van der Waals surface area contributed by atoms with Gasteiger partial charge in [0.15, 0.2) is 0 Å². The quantitative estimate of drug-likeness (QED) is 0.210. The van der Waals surface area contributed by atoms with Gasteiger partial charge in [-0.3, -0.25) is 0 Å². The summed E-state index contributed by atoms with van der Waals surface area (Å²) >= 11 is 13.1. The molecule has 0 N–H and O–H groups in total. The van der Waals surface area contributed by atoms with E-state index in [-0.39, 0.29) is 0 Å². The molecule has 0 aliphatic carbocycles. The van der Waals surface area contributed by atoms with Gasteiger partial charge < -0.3 is 9.80 Å². The third kappa shape index (κ3) is 8.19. The van der Waals surface area contributed by atoms with Crippen LogP contribution in [0.1, 0.15) is 84.1 Å². The van der Waals surface area contributed by atoms with Gasteiger partial charge in [-0.2, -0.15) is 0 Å². The van der Waals surface area contributed by atoms with Crippen molar-refractivity contribution < 1.29 is 0 Å². The number of nitrogens with zero attached hydrogens (tertiary/aromatic N) is 2. The standard InChI is InChI=1S/C26H36Cl2N2.C2H6/c1-2-3-4-5-6-7-8-9-12-19-29-21-30(26(28)25(29)27)20-18-23-16-13-15-22-14-10-11-17-24(22)23;1-2/h10-11,13-17H,2-9,12,18-21H2,1H3;1-2H3. The maximum atomic E-state index is 6.56. The fourth-order valence-electron chi connectivity index (χ4n) is 4.31. The second-order valence-electron chi connectivity index (χ2n) is 8.47. The summed E-state index contributed by atoms with van der Waals surface area (Å²) in [5, 5.41) is 4.04. The van der Waals surface area contributed by atoms with Gasteiger partial charge in [-0.1, -0.05) is 138 Å². The lowest BCUT2D eigenvalue weighted by Crippen LogP contribution is -2.29. The topological polar surface area (TPSA) is 6.48 Å². The Bertz CT molecular complexity index is 813. The summed E-state index contributed by atoms with van der Waals surface area (Å²) < 4.78 is 0. The molecule has 0 amide bonds. The van der Waals surface area contributed by atoms with Crippen molar-refractivity contribution in [1.82, 2.24) is 9.80 Å². The van der Waals surface area contributed by atoms with E-state index >= 15 is 0 Å². The highest BCUT2D eigenvalue weighted by Gasteiger charge is 2.26. The fraction of sp³-hybridized carbons (Fsp3) is 0.571. The van der Waals surface area contributed by atoms with E-state index in [0.717, 1.165) is 26.2 Å². The zero-order chi connectivity index (χ0) is 23.2. The first-order chi connectivity index (χ1) is 15.7. The van der Waals surface area contributed by atoms with Crippen LogP contribution in [0.3, 0.4) is 0 Å². The zero-order valence-corrected chi connectivity index (χ0v) is 21.9. The van der Waals surface area contributed by atoms with Crippen molar-refractivity contribution in [2.24, 2.45) is 0 Å². The van der Waals surface area contributed by atoms with Crippen LogP contribution in [-0.2, 0) is 6.42 Å². The number of halogens is 2. The molecule has 0 aromatic heterocycles. The van der Waals surface area contributed by atoms with Crippen LogP contribution in [-0.4, -0.2) is 29.6 Å². The molecule has 0 saturated heterocycles. The van der Waals surface area contributed by atoms with Crippen LogP contribution in [0.25, 0.3) is 10.8 Å². The van der Waals surface area contributed by atoms with Crippen LogP contribution >= 0.6 is 23.2 Å². The number of rotatable bonds is 13. The Morgan fingerprint density at radius 1 is 0.688 bits per heavy atom. The molecule has 0 fully saturated rings. The summed E-state index contributed by atoms with van der Waals surface area (Å²) in [6.45, 7) is 8.96. The van der Waals surface area contributed by atoms with Crippen molar-refractivity contribution in [1.29, 1.82) is 0 Å². The lowest BCUT2D eigenvalue weighted by atomic mass is 10.0. The third-order valence-electron chi connectivity index (χ3n) is 6.13. The van der Waals surface area contributed by atoms with Crippen LogP contribution < -0.4 is 0 Å². The second kappa shape index (κ2) is 15.5. The van der Waals surface area contributed by atoms with E-state index in [1.165, 1.54) is 74.1 Å². The molecule has 32 heavy (non-hydrogen) atoms. The van der Waals surface area contributed by atoms with Gasteiger partial charge in [0.25, 0.3) is 0 Å². The molecule has 0 atom stereocenters. The number of benzene rings is 2. The van der Waals surface area contributed by atoms with E-state index in [0.29, 0.717) is 10.3 Å². The van der Waals surface area contributed by atoms with Crippen molar-refractivity contribution in [3.63, 3.8) is 0 Å². The minimum absolute atomic E-state index is 0.702. The first-order valence-electron chi connectivity index (χ1n) is 12.7. The predicted molar refractivity (Wildman–Crippen MR) is 143 cm³/mol. The van der Waals surface area contributed by atoms with Gasteiger partial charge in [0, 0.05) is 13.1 Å². The largest absolute Gasteiger partial charge is 0.342 e. The molecule has 3 rings (SSSR count). The summed E-state index contributed by atoms with van der Waals surface area (Å²) in [5.41, 5.74) is 1.37. The average molecular weight is 478 g/mol. The van der Waals surface area contributed by atoms with Gasteiger partial charge >= 0.3 is 0 Å². The molecule has 0 bridgehead atoms. The number of fused-ring (bicyclic) bond motifs is 1. The fourth-order valence-corrected chi connectivity index (χ4v) is 4.82. The van der Waals surface area contributed by atoms with Crippen molar-refractivity contribution in [3.8, 4) is 0 Å². The summed E-state index contributed by atoms with van der Waals surface area (Å²) in [7, 11) is 0. The van der Waals surface area contributed by atoms with Crippen molar-refractivity contribution in [3.05, 3.63) is 58.3 Å². The smallest absolute Gasteiger partial charge is 0.141 e. The number of hydrogen-bond acceptors (Lipinski definition) is 2. The molecule has 0 radical (unpaired) electrons. The molecule has 2 nitrogen and oxygen atoms in total. The molecule has 0 spiro atoms. The highest BCUT2D eigenvalue weighted by Crippen LogP contribution is 2.30. The summed E-state index contributed by atoms with van der Waals surface area (Å²) in [5.74, 6) is 0. The molecule has 1 aliphatic heterocycles. The van der Waals surface area contributed by atoms with Gasteiger partial charge in [-0.15, -0.1) is 0 Å². The van der Waals surface area contributed by atoms with Crippen LogP contribution in [0.2, 0.25) is 0 Å². The van der Waals surface area contributed by atoms with Crippen LogP contribution in [0.4, 0.5) is 0 Å². The van der Waals surface area contributed by atoms with Gasteiger partial charge in [-0.05, 0) is 29.2 Å². The Balaban J connectivity index is 0.00000176. The zero-order valence-electron chi connectivity index (χ0n) is 20.4. The molecule has 2 aromatic rings. The van der Waals surface area contributed by atoms with E-state index in [1.807, 2.05) is 13.8 Å². The summed E-state index contributed by atoms with van der Waals surface area (Å²) in [6, 6.07) is 15.1. The number of unbranched alkanes of at least 4 members (excludes halogenated alkanes) is 8. The average Bonchev–Trinajstić information content (AvgIpc) is 3.11. The van der Waals surface area contributed by atoms with Crippen LogP contribution in [0.5, 0.6) is 0 Å². The Morgan fingerprint density at radius 3 is 1.94 bits per heavy atom. The van der Waals surface area contributed by atoms with Gasteiger partial charge in [0.2, 0.25) is 0 Å². The summed E-state index contributed by atoms with van der Waals surface area (Å²) in [6.07, 6.45) is 13.0. The molecule has 4 heteroatoms. The van der Waals surface area contributed by atoms with E-state index in [9.17, 15) is 0 Å². The molecular formula is C28H42Cl2N2. The minimum atomic E-state index is 0.702. The third-order valence-corrected chi connectivity index (χ3v) is 7.06. The normalized spacial score (nSPS) is 13.7. The highest BCUT2D eigenvalue weighted by atomic mass is 35.5. The molecule has 178 valence electrons. The number of hydrogen-bond donors (Lipinski definition) is 0. The van der Waals surface area contributed by atoms with Crippen molar-refractivity contribution >= 4 is 34.0 Å². The van der Waals surface area contributed by atoms with Crippen LogP contribution in [0, 0.1) is 0 Å². The van der Waals surface area contributed by atoms with Gasteiger partial charge in [0.05, 0.1) is 6.67 Å². The first kappa shape index (κ1) is 26.9. The highest BCUT2D eigenvalue weighted by molar-refractivity contribution is 6.38. The van der Waals surface area contributed by atoms with Gasteiger partial charge in [-0.25, -0.2) is 0 Å². The van der Waals surface area contributed by atoms with Crippen molar-refractivity contribution in [2.45, 2.75) is 85.0 Å². The Labute approximate surface area is 206 Å². The molecule has 1 aliphatic rings. The Morgan fingerprint density at radius 2 is 1.25 bits per heavy atom. The van der Waals surface area contributed by atoms with Crippen molar-refractivity contribution in [2.75, 3.05) is 19.8 Å². The molecule has 2 aromatic carbocycles. The SMILES string of the molecule is CC.CCCCCCCCCCCN1CN(CCc2cccc3ccccc23)C(Cl)=C1Cl. The maximum absolute atomic E-state index is 6.56. The van der Waals surface area contributed by atoms with Crippen LogP contribution in [0.15, 0.2) is 52.8 Å². The Kier molecular flexibility index (Phi) is 13.0. The lowest BCUT2D eigenvalue weighted by molar-refractivity contribution is 0.256. The maximum Gasteiger partial charge on any atom is 0.141 e. The van der Waals surface area contributed by atoms with E-state index in [2.05, 4.69) is 59.2 Å². The Hall–Kier alpha value is -1.38. The predicted octanol–water partition coefficient (Wildman–Crippen LogP) is 9.12. The minimum Gasteiger partial charge on any atom is -0.342 e. The molecular weight excluding hydrogens is 435 g/mol.